The van der Waals surface area contributed by atoms with Gasteiger partial charge >= 0.3 is 0 Å². The Morgan fingerprint density at radius 1 is 1.29 bits per heavy atom. The highest BCUT2D eigenvalue weighted by Crippen LogP contribution is 2.11. The molecule has 1 unspecified atom stereocenters. The summed E-state index contributed by atoms with van der Waals surface area (Å²) in [5.41, 5.74) is 1.52. The number of guanidine groups is 1. The highest BCUT2D eigenvalue weighted by Gasteiger charge is 2.28. The van der Waals surface area contributed by atoms with Gasteiger partial charge < -0.3 is 20.9 Å². The SMILES string of the molecule is CCNC(=NCc1cccc(C(=O)NCCN(C)C)c1)NC1CCS(=O)(=O)C1. The summed E-state index contributed by atoms with van der Waals surface area (Å²) in [6.45, 7) is 4.41. The van der Waals surface area contributed by atoms with E-state index in [1.165, 1.54) is 0 Å². The Kier molecular flexibility index (Phi) is 8.25. The summed E-state index contributed by atoms with van der Waals surface area (Å²) < 4.78 is 23.3. The Labute approximate surface area is 167 Å². The number of likely N-dealkylation sites (N-methyl/N-ethyl adjacent to an activating group) is 1. The van der Waals surface area contributed by atoms with E-state index in [9.17, 15) is 13.2 Å². The molecule has 0 radical (unpaired) electrons. The molecule has 0 spiro atoms. The molecule has 8 nitrogen and oxygen atoms in total. The van der Waals surface area contributed by atoms with Gasteiger partial charge in [-0.15, -0.1) is 0 Å². The van der Waals surface area contributed by atoms with Gasteiger partial charge in [-0.2, -0.15) is 0 Å². The van der Waals surface area contributed by atoms with Crippen LogP contribution in [-0.2, 0) is 16.4 Å². The Bertz CT molecular complexity index is 793. The van der Waals surface area contributed by atoms with E-state index in [4.69, 9.17) is 0 Å². The van der Waals surface area contributed by atoms with Crippen LogP contribution in [0, 0.1) is 0 Å². The average molecular weight is 410 g/mol. The molecule has 2 rings (SSSR count). The summed E-state index contributed by atoms with van der Waals surface area (Å²) in [7, 11) is 0.976. The maximum atomic E-state index is 12.3. The number of nitrogens with one attached hydrogen (secondary N) is 3. The zero-order chi connectivity index (χ0) is 20.6. The van der Waals surface area contributed by atoms with Gasteiger partial charge in [0, 0.05) is 31.2 Å². The van der Waals surface area contributed by atoms with E-state index < -0.39 is 9.84 Å². The summed E-state index contributed by atoms with van der Waals surface area (Å²) in [5, 5.41) is 9.24. The topological polar surface area (TPSA) is 103 Å². The third kappa shape index (κ3) is 7.47. The molecule has 1 fully saturated rings. The minimum Gasteiger partial charge on any atom is -0.357 e. The molecular weight excluding hydrogens is 378 g/mol. The Morgan fingerprint density at radius 3 is 2.71 bits per heavy atom. The van der Waals surface area contributed by atoms with E-state index in [0.717, 1.165) is 12.1 Å². The van der Waals surface area contributed by atoms with Gasteiger partial charge in [0.2, 0.25) is 0 Å². The van der Waals surface area contributed by atoms with Gasteiger partial charge in [0.05, 0.1) is 18.1 Å². The molecule has 1 saturated heterocycles. The molecule has 0 aromatic heterocycles. The maximum absolute atomic E-state index is 12.3. The van der Waals surface area contributed by atoms with Gasteiger partial charge in [-0.1, -0.05) is 12.1 Å². The van der Waals surface area contributed by atoms with E-state index in [1.807, 2.05) is 44.1 Å². The van der Waals surface area contributed by atoms with Crippen molar-refractivity contribution in [3.05, 3.63) is 35.4 Å². The summed E-state index contributed by atoms with van der Waals surface area (Å²) in [6.07, 6.45) is 0.593. The molecule has 1 aliphatic rings. The molecule has 0 saturated carbocycles. The molecule has 0 aliphatic carbocycles. The molecule has 1 atom stereocenters. The fraction of sp³-hybridized carbons (Fsp3) is 0.579. The number of hydrogen-bond donors (Lipinski definition) is 3. The molecular formula is C19H31N5O3S. The molecule has 156 valence electrons. The second-order valence-electron chi connectivity index (χ2n) is 7.20. The summed E-state index contributed by atoms with van der Waals surface area (Å²) in [6, 6.07) is 7.26. The lowest BCUT2D eigenvalue weighted by Gasteiger charge is -2.16. The van der Waals surface area contributed by atoms with Crippen LogP contribution in [0.4, 0.5) is 0 Å². The number of carbonyl (C=O) groups is 1. The molecule has 3 N–H and O–H groups in total. The van der Waals surface area contributed by atoms with Crippen molar-refractivity contribution in [1.82, 2.24) is 20.9 Å². The van der Waals surface area contributed by atoms with Gasteiger partial charge in [0.15, 0.2) is 15.8 Å². The number of aliphatic imine (C=N–C) groups is 1. The number of benzene rings is 1. The van der Waals surface area contributed by atoms with Gasteiger partial charge in [-0.25, -0.2) is 13.4 Å². The van der Waals surface area contributed by atoms with Gasteiger partial charge in [0.25, 0.3) is 5.91 Å². The van der Waals surface area contributed by atoms with Crippen LogP contribution in [0.25, 0.3) is 0 Å². The molecule has 1 aliphatic heterocycles. The maximum Gasteiger partial charge on any atom is 0.251 e. The lowest BCUT2D eigenvalue weighted by Crippen LogP contribution is -2.44. The first-order chi connectivity index (χ1) is 13.3. The van der Waals surface area contributed by atoms with Crippen LogP contribution < -0.4 is 16.0 Å². The van der Waals surface area contributed by atoms with Crippen LogP contribution >= 0.6 is 0 Å². The second-order valence-corrected chi connectivity index (χ2v) is 9.43. The van der Waals surface area contributed by atoms with Crippen molar-refractivity contribution in [3.63, 3.8) is 0 Å². The summed E-state index contributed by atoms with van der Waals surface area (Å²) >= 11 is 0. The largest absolute Gasteiger partial charge is 0.357 e. The zero-order valence-corrected chi connectivity index (χ0v) is 17.7. The molecule has 9 heteroatoms. The summed E-state index contributed by atoms with van der Waals surface area (Å²) in [5.74, 6) is 0.842. The van der Waals surface area contributed by atoms with Gasteiger partial charge in [-0.3, -0.25) is 4.79 Å². The highest BCUT2D eigenvalue weighted by atomic mass is 32.2. The van der Waals surface area contributed by atoms with Crippen LogP contribution in [0.3, 0.4) is 0 Å². The van der Waals surface area contributed by atoms with Crippen molar-refractivity contribution in [1.29, 1.82) is 0 Å². The van der Waals surface area contributed by atoms with Gasteiger partial charge in [-0.05, 0) is 45.1 Å². The first-order valence-electron chi connectivity index (χ1n) is 9.56. The lowest BCUT2D eigenvalue weighted by atomic mass is 10.1. The van der Waals surface area contributed by atoms with Crippen LogP contribution in [0.1, 0.15) is 29.3 Å². The van der Waals surface area contributed by atoms with Crippen LogP contribution in [0.15, 0.2) is 29.3 Å². The molecule has 0 bridgehead atoms. The number of nitrogens with zero attached hydrogens (tertiary/aromatic N) is 2. The highest BCUT2D eigenvalue weighted by molar-refractivity contribution is 7.91. The first kappa shape index (κ1) is 22.2. The smallest absolute Gasteiger partial charge is 0.251 e. The van der Waals surface area contributed by atoms with E-state index in [-0.39, 0.29) is 23.5 Å². The number of rotatable bonds is 8. The minimum atomic E-state index is -2.94. The van der Waals surface area contributed by atoms with E-state index in [1.54, 1.807) is 6.07 Å². The van der Waals surface area contributed by atoms with Crippen LogP contribution in [-0.4, -0.2) is 76.5 Å². The standard InChI is InChI=1S/C19H31N5O3S/c1-4-20-19(23-17-8-11-28(26,27)14-17)22-13-15-6-5-7-16(12-15)18(25)21-9-10-24(2)3/h5-7,12,17H,4,8-11,13-14H2,1-3H3,(H,21,25)(H2,20,22,23). The molecule has 1 aromatic rings. The van der Waals surface area contributed by atoms with Crippen molar-refractivity contribution in [2.75, 3.05) is 45.2 Å². The lowest BCUT2D eigenvalue weighted by molar-refractivity contribution is 0.0951. The number of sulfone groups is 1. The third-order valence-corrected chi connectivity index (χ3v) is 6.14. The van der Waals surface area contributed by atoms with E-state index >= 15 is 0 Å². The Balaban J connectivity index is 1.97. The second kappa shape index (κ2) is 10.4. The quantitative estimate of drug-likeness (QED) is 0.419. The van der Waals surface area contributed by atoms with E-state index in [2.05, 4.69) is 20.9 Å². The fourth-order valence-electron chi connectivity index (χ4n) is 2.90. The number of hydrogen-bond acceptors (Lipinski definition) is 5. The van der Waals surface area contributed by atoms with Crippen molar-refractivity contribution in [3.8, 4) is 0 Å². The number of amides is 1. The molecule has 1 aromatic carbocycles. The van der Waals surface area contributed by atoms with Crippen LogP contribution in [0.5, 0.6) is 0 Å². The van der Waals surface area contributed by atoms with Crippen molar-refractivity contribution >= 4 is 21.7 Å². The predicted molar refractivity (Wildman–Crippen MR) is 112 cm³/mol. The predicted octanol–water partition coefficient (Wildman–Crippen LogP) is 0.220. The van der Waals surface area contributed by atoms with Crippen molar-refractivity contribution in [2.45, 2.75) is 25.9 Å². The van der Waals surface area contributed by atoms with Crippen LogP contribution in [0.2, 0.25) is 0 Å². The molecule has 1 heterocycles. The Hall–Kier alpha value is -2.13. The number of carbonyl (C=O) groups excluding carboxylic acids is 1. The molecule has 1 amide bonds. The van der Waals surface area contributed by atoms with Gasteiger partial charge in [0.1, 0.15) is 0 Å². The average Bonchev–Trinajstić information content (AvgIpc) is 2.98. The Morgan fingerprint density at radius 2 is 2.07 bits per heavy atom. The minimum absolute atomic E-state index is 0.103. The fourth-order valence-corrected chi connectivity index (χ4v) is 4.57. The first-order valence-corrected chi connectivity index (χ1v) is 11.4. The third-order valence-electron chi connectivity index (χ3n) is 4.37. The molecule has 28 heavy (non-hydrogen) atoms. The monoisotopic (exact) mass is 409 g/mol. The normalized spacial score (nSPS) is 18.9. The van der Waals surface area contributed by atoms with Crippen molar-refractivity contribution in [2.24, 2.45) is 4.99 Å². The van der Waals surface area contributed by atoms with Crippen molar-refractivity contribution < 1.29 is 13.2 Å². The summed E-state index contributed by atoms with van der Waals surface area (Å²) in [4.78, 5) is 18.8. The zero-order valence-electron chi connectivity index (χ0n) is 16.9. The van der Waals surface area contributed by atoms with E-state index in [0.29, 0.717) is 37.6 Å².